The van der Waals surface area contributed by atoms with Crippen LogP contribution in [0.1, 0.15) is 29.8 Å². The first kappa shape index (κ1) is 12.8. The number of aromatic nitrogens is 2. The number of nitrogens with two attached hydrogens (primary N) is 1. The minimum absolute atomic E-state index is 0.0277. The molecule has 16 heavy (non-hydrogen) atoms. The third-order valence-electron chi connectivity index (χ3n) is 2.04. The highest BCUT2D eigenvalue weighted by atomic mass is 32.2. The van der Waals surface area contributed by atoms with Crippen molar-refractivity contribution < 1.29 is 9.42 Å². The van der Waals surface area contributed by atoms with Crippen LogP contribution in [0.25, 0.3) is 0 Å². The molecule has 0 aliphatic rings. The number of anilines is 1. The van der Waals surface area contributed by atoms with E-state index in [4.69, 9.17) is 5.73 Å². The highest BCUT2D eigenvalue weighted by molar-refractivity contribution is 7.98. The average molecular weight is 244 g/mol. The third kappa shape index (κ3) is 4.09. The molecule has 0 bridgehead atoms. The van der Waals surface area contributed by atoms with E-state index in [9.17, 15) is 4.79 Å². The summed E-state index contributed by atoms with van der Waals surface area (Å²) in [5.74, 6) is 0.858. The largest absolute Gasteiger partial charge is 0.379 e. The number of nitrogens with one attached hydrogen (secondary N) is 1. The first-order valence-electron chi connectivity index (χ1n) is 5.11. The molecule has 1 amide bonds. The van der Waals surface area contributed by atoms with Gasteiger partial charge in [-0.2, -0.15) is 11.8 Å². The molecule has 1 aromatic heterocycles. The minimum Gasteiger partial charge on any atom is -0.379 e. The van der Waals surface area contributed by atoms with Crippen LogP contribution in [0, 0.1) is 0 Å². The van der Waals surface area contributed by atoms with Crippen LogP contribution in [0.5, 0.6) is 0 Å². The van der Waals surface area contributed by atoms with Gasteiger partial charge in [0.15, 0.2) is 0 Å². The van der Waals surface area contributed by atoms with Crippen molar-refractivity contribution in [1.82, 2.24) is 15.6 Å². The number of thioether (sulfide) groups is 1. The standard InChI is InChI=1S/C9H16N4O2S/c1-16-6-4-2-3-5-11-9(14)7-8(10)13-15-12-7/h2-6H2,1H3,(H2,10,13)(H,11,14). The Balaban J connectivity index is 2.14. The molecule has 0 aliphatic heterocycles. The SMILES string of the molecule is CSCCCCCNC(=O)c1nonc1N. The smallest absolute Gasteiger partial charge is 0.277 e. The molecule has 1 heterocycles. The molecule has 3 N–H and O–H groups in total. The maximum Gasteiger partial charge on any atom is 0.277 e. The Labute approximate surface area is 98.3 Å². The van der Waals surface area contributed by atoms with E-state index in [1.807, 2.05) is 11.8 Å². The predicted molar refractivity (Wildman–Crippen MR) is 63.3 cm³/mol. The number of rotatable bonds is 7. The second-order valence-electron chi connectivity index (χ2n) is 3.31. The van der Waals surface area contributed by atoms with Gasteiger partial charge in [-0.05, 0) is 35.2 Å². The summed E-state index contributed by atoms with van der Waals surface area (Å²) >= 11 is 1.83. The lowest BCUT2D eigenvalue weighted by atomic mass is 10.2. The Morgan fingerprint density at radius 1 is 1.44 bits per heavy atom. The van der Waals surface area contributed by atoms with E-state index in [0.29, 0.717) is 6.54 Å². The van der Waals surface area contributed by atoms with E-state index in [2.05, 4.69) is 26.5 Å². The number of hydrogen-bond acceptors (Lipinski definition) is 6. The number of amides is 1. The summed E-state index contributed by atoms with van der Waals surface area (Å²) in [6.45, 7) is 0.625. The first-order valence-corrected chi connectivity index (χ1v) is 6.50. The van der Waals surface area contributed by atoms with Gasteiger partial charge in [0.25, 0.3) is 5.91 Å². The molecule has 1 rings (SSSR count). The highest BCUT2D eigenvalue weighted by Gasteiger charge is 2.14. The molecule has 0 fully saturated rings. The van der Waals surface area contributed by atoms with Gasteiger partial charge in [0.05, 0.1) is 0 Å². The fraction of sp³-hybridized carbons (Fsp3) is 0.667. The van der Waals surface area contributed by atoms with Crippen molar-refractivity contribution in [2.45, 2.75) is 19.3 Å². The lowest BCUT2D eigenvalue weighted by molar-refractivity contribution is 0.0943. The average Bonchev–Trinajstić information content (AvgIpc) is 2.69. The molecular formula is C9H16N4O2S. The molecule has 1 aromatic rings. The van der Waals surface area contributed by atoms with Crippen molar-refractivity contribution in [3.8, 4) is 0 Å². The summed E-state index contributed by atoms with van der Waals surface area (Å²) in [4.78, 5) is 11.5. The molecule has 6 nitrogen and oxygen atoms in total. The zero-order valence-electron chi connectivity index (χ0n) is 9.23. The number of nitrogen functional groups attached to an aromatic ring is 1. The molecule has 0 aliphatic carbocycles. The van der Waals surface area contributed by atoms with Crippen LogP contribution in [0.15, 0.2) is 4.63 Å². The van der Waals surface area contributed by atoms with Crippen molar-refractivity contribution in [2.75, 3.05) is 24.3 Å². The van der Waals surface area contributed by atoms with Crippen LogP contribution in [0.4, 0.5) is 5.82 Å². The van der Waals surface area contributed by atoms with Crippen LogP contribution < -0.4 is 11.1 Å². The molecule has 0 saturated carbocycles. The van der Waals surface area contributed by atoms with Crippen LogP contribution in [-0.4, -0.2) is 34.8 Å². The topological polar surface area (TPSA) is 94.0 Å². The highest BCUT2D eigenvalue weighted by Crippen LogP contribution is 2.04. The van der Waals surface area contributed by atoms with Crippen molar-refractivity contribution in [3.05, 3.63) is 5.69 Å². The zero-order chi connectivity index (χ0) is 11.8. The molecular weight excluding hydrogens is 228 g/mol. The van der Waals surface area contributed by atoms with Crippen LogP contribution in [0.3, 0.4) is 0 Å². The molecule has 0 unspecified atom stereocenters. The molecule has 7 heteroatoms. The number of hydrogen-bond donors (Lipinski definition) is 2. The van der Waals surface area contributed by atoms with Crippen LogP contribution in [0.2, 0.25) is 0 Å². The Bertz CT molecular complexity index is 329. The summed E-state index contributed by atoms with van der Waals surface area (Å²) in [5.41, 5.74) is 5.44. The fourth-order valence-electron chi connectivity index (χ4n) is 1.19. The van der Waals surface area contributed by atoms with Crippen molar-refractivity contribution >= 4 is 23.5 Å². The lowest BCUT2D eigenvalue weighted by Gasteiger charge is -2.02. The van der Waals surface area contributed by atoms with Gasteiger partial charge in [-0.3, -0.25) is 4.79 Å². The van der Waals surface area contributed by atoms with Crippen molar-refractivity contribution in [2.24, 2.45) is 0 Å². The molecule has 0 aromatic carbocycles. The summed E-state index contributed by atoms with van der Waals surface area (Å²) in [7, 11) is 0. The second-order valence-corrected chi connectivity index (χ2v) is 4.29. The molecule has 90 valence electrons. The molecule has 0 spiro atoms. The number of carbonyl (C=O) groups is 1. The van der Waals surface area contributed by atoms with Crippen molar-refractivity contribution in [3.63, 3.8) is 0 Å². The number of unbranched alkanes of at least 4 members (excludes halogenated alkanes) is 2. The Kier molecular flexibility index (Phi) is 5.69. The van der Waals surface area contributed by atoms with Gasteiger partial charge >= 0.3 is 0 Å². The summed E-state index contributed by atoms with van der Waals surface area (Å²) in [6.07, 6.45) is 5.32. The Morgan fingerprint density at radius 3 is 2.88 bits per heavy atom. The Morgan fingerprint density at radius 2 is 2.25 bits per heavy atom. The fourth-order valence-corrected chi connectivity index (χ4v) is 1.68. The van der Waals surface area contributed by atoms with Gasteiger partial charge in [0, 0.05) is 6.54 Å². The normalized spacial score (nSPS) is 10.3. The summed E-state index contributed by atoms with van der Waals surface area (Å²) < 4.78 is 4.34. The third-order valence-corrected chi connectivity index (χ3v) is 2.74. The second kappa shape index (κ2) is 7.10. The van der Waals surface area contributed by atoms with Gasteiger partial charge < -0.3 is 11.1 Å². The molecule has 0 radical (unpaired) electrons. The van der Waals surface area contributed by atoms with Gasteiger partial charge in [-0.1, -0.05) is 6.42 Å². The maximum atomic E-state index is 11.5. The van der Waals surface area contributed by atoms with E-state index in [0.717, 1.165) is 18.6 Å². The van der Waals surface area contributed by atoms with Gasteiger partial charge in [-0.25, -0.2) is 4.63 Å². The zero-order valence-corrected chi connectivity index (χ0v) is 10.0. The minimum atomic E-state index is -0.330. The summed E-state index contributed by atoms with van der Waals surface area (Å²) in [5, 5.41) is 9.47. The van der Waals surface area contributed by atoms with Crippen LogP contribution >= 0.6 is 11.8 Å². The van der Waals surface area contributed by atoms with E-state index in [1.165, 1.54) is 6.42 Å². The monoisotopic (exact) mass is 244 g/mol. The predicted octanol–water partition coefficient (Wildman–Crippen LogP) is 0.915. The quantitative estimate of drug-likeness (QED) is 0.692. The molecule has 0 atom stereocenters. The van der Waals surface area contributed by atoms with E-state index in [1.54, 1.807) is 0 Å². The van der Waals surface area contributed by atoms with E-state index in [-0.39, 0.29) is 17.4 Å². The van der Waals surface area contributed by atoms with Gasteiger partial charge in [0.2, 0.25) is 11.5 Å². The number of nitrogens with zero attached hydrogens (tertiary/aromatic N) is 2. The maximum absolute atomic E-state index is 11.5. The van der Waals surface area contributed by atoms with Gasteiger partial charge in [0.1, 0.15) is 0 Å². The van der Waals surface area contributed by atoms with Crippen molar-refractivity contribution in [1.29, 1.82) is 0 Å². The van der Waals surface area contributed by atoms with Gasteiger partial charge in [-0.15, -0.1) is 0 Å². The lowest BCUT2D eigenvalue weighted by Crippen LogP contribution is -2.25. The van der Waals surface area contributed by atoms with Crippen LogP contribution in [-0.2, 0) is 0 Å². The summed E-state index contributed by atoms with van der Waals surface area (Å²) in [6, 6.07) is 0. The van der Waals surface area contributed by atoms with E-state index >= 15 is 0 Å². The number of carbonyl (C=O) groups excluding carboxylic acids is 1. The Hall–Kier alpha value is -1.24. The van der Waals surface area contributed by atoms with E-state index < -0.39 is 0 Å². The molecule has 0 saturated heterocycles. The first-order chi connectivity index (χ1) is 7.75.